The molecule has 1 aromatic heterocycles. The van der Waals surface area contributed by atoms with Crippen LogP contribution in [0.4, 0.5) is 10.5 Å². The number of carboxylic acid groups (broad SMARTS) is 1. The highest BCUT2D eigenvalue weighted by molar-refractivity contribution is 9.10. The molecule has 8 heteroatoms. The number of carbonyl (C=O) groups excluding carboxylic acids is 2. The van der Waals surface area contributed by atoms with E-state index in [2.05, 4.69) is 31.5 Å². The van der Waals surface area contributed by atoms with Crippen molar-refractivity contribution in [3.63, 3.8) is 0 Å². The van der Waals surface area contributed by atoms with Crippen LogP contribution < -0.4 is 10.6 Å². The number of aromatic amines is 1. The van der Waals surface area contributed by atoms with Gasteiger partial charge in [0.1, 0.15) is 0 Å². The molecule has 3 rings (SSSR count). The molecular weight excluding hydrogens is 438 g/mol. The van der Waals surface area contributed by atoms with E-state index in [4.69, 9.17) is 5.11 Å². The van der Waals surface area contributed by atoms with Gasteiger partial charge in [-0.1, -0.05) is 34.1 Å². The van der Waals surface area contributed by atoms with Crippen molar-refractivity contribution in [2.75, 3.05) is 5.32 Å². The molecular formula is C21H20BrN3O4. The second kappa shape index (κ2) is 9.38. The Bertz CT molecular complexity index is 1030. The number of carbonyl (C=O) groups is 3. The van der Waals surface area contributed by atoms with Crippen molar-refractivity contribution in [1.29, 1.82) is 0 Å². The predicted molar refractivity (Wildman–Crippen MR) is 114 cm³/mol. The molecule has 0 aliphatic rings. The molecule has 150 valence electrons. The Kier molecular flexibility index (Phi) is 6.66. The zero-order valence-corrected chi connectivity index (χ0v) is 17.0. The number of urea groups is 1. The summed E-state index contributed by atoms with van der Waals surface area (Å²) in [6.07, 6.45) is 1.63. The van der Waals surface area contributed by atoms with Gasteiger partial charge in [-0.3, -0.25) is 9.59 Å². The molecule has 0 bridgehead atoms. The molecule has 1 heterocycles. The number of para-hydroxylation sites is 1. The van der Waals surface area contributed by atoms with Crippen LogP contribution >= 0.6 is 15.9 Å². The summed E-state index contributed by atoms with van der Waals surface area (Å²) in [5, 5.41) is 15.2. The lowest BCUT2D eigenvalue weighted by Gasteiger charge is -2.18. The topological polar surface area (TPSA) is 111 Å². The lowest BCUT2D eigenvalue weighted by Crippen LogP contribution is -2.44. The standard InChI is InChI=1S/C21H20BrN3O4/c22-14-5-7-15(8-6-14)24-21(29)25-18(19(26)9-10-20(27)28)11-13-12-23-17-4-2-1-3-16(13)17/h1-8,12,18,23H,9-11H2,(H,27,28)(H2,24,25,29)/t18-/m0/s1. The van der Waals surface area contributed by atoms with E-state index < -0.39 is 18.0 Å². The summed E-state index contributed by atoms with van der Waals surface area (Å²) in [6.45, 7) is 0. The van der Waals surface area contributed by atoms with Gasteiger partial charge in [-0.05, 0) is 35.9 Å². The van der Waals surface area contributed by atoms with E-state index in [1.165, 1.54) is 0 Å². The molecule has 4 N–H and O–H groups in total. The number of aliphatic carboxylic acids is 1. The van der Waals surface area contributed by atoms with E-state index in [9.17, 15) is 14.4 Å². The number of rotatable bonds is 8. The molecule has 2 amide bonds. The number of carboxylic acids is 1. The minimum atomic E-state index is -1.05. The van der Waals surface area contributed by atoms with Gasteiger partial charge in [-0.25, -0.2) is 4.79 Å². The van der Waals surface area contributed by atoms with Crippen molar-refractivity contribution in [1.82, 2.24) is 10.3 Å². The van der Waals surface area contributed by atoms with Crippen LogP contribution in [-0.2, 0) is 16.0 Å². The monoisotopic (exact) mass is 457 g/mol. The summed E-state index contributed by atoms with van der Waals surface area (Å²) in [5.74, 6) is -1.38. The van der Waals surface area contributed by atoms with Gasteiger partial charge in [0.25, 0.3) is 0 Å². The Hall–Kier alpha value is -3.13. The van der Waals surface area contributed by atoms with Crippen LogP contribution in [0.25, 0.3) is 10.9 Å². The first-order chi connectivity index (χ1) is 13.9. The molecule has 0 unspecified atom stereocenters. The largest absolute Gasteiger partial charge is 0.481 e. The maximum Gasteiger partial charge on any atom is 0.319 e. The summed E-state index contributed by atoms with van der Waals surface area (Å²) in [5.41, 5.74) is 2.38. The second-order valence-electron chi connectivity index (χ2n) is 6.58. The molecule has 1 atom stereocenters. The Labute approximate surface area is 175 Å². The predicted octanol–water partition coefficient (Wildman–Crippen LogP) is 4.10. The molecule has 3 aromatic rings. The molecule has 0 saturated heterocycles. The number of nitrogens with one attached hydrogen (secondary N) is 3. The fourth-order valence-electron chi connectivity index (χ4n) is 3.03. The summed E-state index contributed by atoms with van der Waals surface area (Å²) < 4.78 is 0.879. The molecule has 0 aliphatic carbocycles. The van der Waals surface area contributed by atoms with Crippen molar-refractivity contribution in [2.45, 2.75) is 25.3 Å². The Morgan fingerprint density at radius 1 is 1.03 bits per heavy atom. The third kappa shape index (κ3) is 5.68. The van der Waals surface area contributed by atoms with Crippen LogP contribution in [0.5, 0.6) is 0 Å². The number of halogens is 1. The molecule has 2 aromatic carbocycles. The van der Waals surface area contributed by atoms with Crippen molar-refractivity contribution < 1.29 is 19.5 Å². The Morgan fingerprint density at radius 3 is 2.48 bits per heavy atom. The summed E-state index contributed by atoms with van der Waals surface area (Å²) in [4.78, 5) is 39.0. The number of hydrogen-bond acceptors (Lipinski definition) is 3. The normalized spacial score (nSPS) is 11.8. The summed E-state index contributed by atoms with van der Waals surface area (Å²) in [6, 6.07) is 13.3. The van der Waals surface area contributed by atoms with Gasteiger partial charge in [0.05, 0.1) is 12.5 Å². The van der Waals surface area contributed by atoms with Crippen molar-refractivity contribution in [3.8, 4) is 0 Å². The van der Waals surface area contributed by atoms with Crippen LogP contribution in [0, 0.1) is 0 Å². The second-order valence-corrected chi connectivity index (χ2v) is 7.50. The minimum Gasteiger partial charge on any atom is -0.481 e. The molecule has 0 saturated carbocycles. The lowest BCUT2D eigenvalue weighted by atomic mass is 9.99. The number of hydrogen-bond donors (Lipinski definition) is 4. The zero-order valence-electron chi connectivity index (χ0n) is 15.4. The smallest absolute Gasteiger partial charge is 0.319 e. The number of aromatic nitrogens is 1. The van der Waals surface area contributed by atoms with Crippen LogP contribution in [-0.4, -0.2) is 33.9 Å². The highest BCUT2D eigenvalue weighted by Gasteiger charge is 2.23. The zero-order chi connectivity index (χ0) is 20.8. The van der Waals surface area contributed by atoms with Crippen LogP contribution in [0.1, 0.15) is 18.4 Å². The Balaban J connectivity index is 1.74. The van der Waals surface area contributed by atoms with E-state index in [-0.39, 0.29) is 25.0 Å². The van der Waals surface area contributed by atoms with Crippen molar-refractivity contribution in [2.24, 2.45) is 0 Å². The third-order valence-corrected chi connectivity index (χ3v) is 5.01. The quantitative estimate of drug-likeness (QED) is 0.407. The number of ketones is 1. The molecule has 29 heavy (non-hydrogen) atoms. The van der Waals surface area contributed by atoms with Crippen LogP contribution in [0.2, 0.25) is 0 Å². The first kappa shape index (κ1) is 20.6. The summed E-state index contributed by atoms with van der Waals surface area (Å²) >= 11 is 3.33. The summed E-state index contributed by atoms with van der Waals surface area (Å²) in [7, 11) is 0. The average Bonchev–Trinajstić information content (AvgIpc) is 3.10. The third-order valence-electron chi connectivity index (χ3n) is 4.48. The molecule has 0 radical (unpaired) electrons. The van der Waals surface area contributed by atoms with Crippen molar-refractivity contribution >= 4 is 50.3 Å². The maximum atomic E-state index is 12.6. The molecule has 0 spiro atoms. The van der Waals surface area contributed by atoms with E-state index >= 15 is 0 Å². The first-order valence-corrected chi connectivity index (χ1v) is 9.84. The maximum absolute atomic E-state index is 12.6. The fraction of sp³-hybridized carbons (Fsp3) is 0.190. The van der Waals surface area contributed by atoms with Gasteiger partial charge in [0.2, 0.25) is 0 Å². The van der Waals surface area contributed by atoms with Gasteiger partial charge >= 0.3 is 12.0 Å². The number of benzene rings is 2. The van der Waals surface area contributed by atoms with Crippen LogP contribution in [0.15, 0.2) is 59.2 Å². The first-order valence-electron chi connectivity index (χ1n) is 9.05. The van der Waals surface area contributed by atoms with Gasteiger partial charge in [-0.15, -0.1) is 0 Å². The van der Waals surface area contributed by atoms with Gasteiger partial charge in [0, 0.05) is 40.1 Å². The number of fused-ring (bicyclic) bond motifs is 1. The number of anilines is 1. The Morgan fingerprint density at radius 2 is 1.76 bits per heavy atom. The molecule has 7 nitrogen and oxygen atoms in total. The van der Waals surface area contributed by atoms with E-state index in [1.54, 1.807) is 30.5 Å². The SMILES string of the molecule is O=C(O)CCC(=O)[C@H](Cc1c[nH]c2ccccc12)NC(=O)Nc1ccc(Br)cc1. The van der Waals surface area contributed by atoms with E-state index in [1.807, 2.05) is 24.3 Å². The fourth-order valence-corrected chi connectivity index (χ4v) is 3.29. The van der Waals surface area contributed by atoms with Gasteiger partial charge < -0.3 is 20.7 Å². The number of H-pyrrole nitrogens is 1. The lowest BCUT2D eigenvalue weighted by molar-refractivity contribution is -0.138. The van der Waals surface area contributed by atoms with E-state index in [0.29, 0.717) is 5.69 Å². The molecule has 0 aliphatic heterocycles. The molecule has 0 fully saturated rings. The van der Waals surface area contributed by atoms with Gasteiger partial charge in [0.15, 0.2) is 5.78 Å². The van der Waals surface area contributed by atoms with Gasteiger partial charge in [-0.2, -0.15) is 0 Å². The minimum absolute atomic E-state index is 0.152. The number of amides is 2. The highest BCUT2D eigenvalue weighted by Crippen LogP contribution is 2.20. The number of Topliss-reactive ketones (excluding diaryl/α,β-unsaturated/α-hetero) is 1. The highest BCUT2D eigenvalue weighted by atomic mass is 79.9. The van der Waals surface area contributed by atoms with Crippen LogP contribution in [0.3, 0.4) is 0 Å². The average molecular weight is 458 g/mol. The van der Waals surface area contributed by atoms with Crippen molar-refractivity contribution in [3.05, 3.63) is 64.8 Å². The van der Waals surface area contributed by atoms with E-state index in [0.717, 1.165) is 20.9 Å².